The van der Waals surface area contributed by atoms with Crippen LogP contribution in [-0.2, 0) is 9.84 Å². The van der Waals surface area contributed by atoms with Crippen LogP contribution in [-0.4, -0.2) is 13.7 Å². The fourth-order valence-electron chi connectivity index (χ4n) is 1.06. The van der Waals surface area contributed by atoms with Crippen LogP contribution in [0.5, 0.6) is 0 Å². The first kappa shape index (κ1) is 11.5. The maximum Gasteiger partial charge on any atom is 0.203 e. The SMILES string of the molecule is CC=C(CBr)S(=O)(=O)c1ccccc1. The minimum Gasteiger partial charge on any atom is -0.219 e. The number of sulfone groups is 1. The highest BCUT2D eigenvalue weighted by Gasteiger charge is 2.17. The molecule has 1 aromatic rings. The Hall–Kier alpha value is -0.610. The average molecular weight is 275 g/mol. The van der Waals surface area contributed by atoms with Crippen molar-refractivity contribution in [2.75, 3.05) is 5.33 Å². The van der Waals surface area contributed by atoms with Gasteiger partial charge in [-0.05, 0) is 19.1 Å². The summed E-state index contributed by atoms with van der Waals surface area (Å²) in [7, 11) is -3.29. The lowest BCUT2D eigenvalue weighted by atomic mass is 10.4. The lowest BCUT2D eigenvalue weighted by molar-refractivity contribution is 0.602. The zero-order valence-electron chi connectivity index (χ0n) is 7.77. The van der Waals surface area contributed by atoms with Crippen LogP contribution in [0.1, 0.15) is 6.92 Å². The summed E-state index contributed by atoms with van der Waals surface area (Å²) in [6.45, 7) is 1.72. The smallest absolute Gasteiger partial charge is 0.203 e. The zero-order valence-corrected chi connectivity index (χ0v) is 10.2. The van der Waals surface area contributed by atoms with Crippen LogP contribution in [0.3, 0.4) is 0 Å². The number of rotatable bonds is 3. The molecule has 1 rings (SSSR count). The number of alkyl halides is 1. The molecule has 1 aromatic carbocycles. The number of benzene rings is 1. The largest absolute Gasteiger partial charge is 0.219 e. The molecule has 0 radical (unpaired) electrons. The third kappa shape index (κ3) is 2.25. The summed E-state index contributed by atoms with van der Waals surface area (Å²) >= 11 is 3.16. The van der Waals surface area contributed by atoms with E-state index in [9.17, 15) is 8.42 Å². The first-order valence-electron chi connectivity index (χ1n) is 4.14. The highest BCUT2D eigenvalue weighted by molar-refractivity contribution is 9.09. The van der Waals surface area contributed by atoms with E-state index in [4.69, 9.17) is 0 Å². The quantitative estimate of drug-likeness (QED) is 0.795. The van der Waals surface area contributed by atoms with Crippen molar-refractivity contribution in [2.45, 2.75) is 11.8 Å². The molecular formula is C10H11BrO2S. The van der Waals surface area contributed by atoms with Crippen LogP contribution in [0.15, 0.2) is 46.2 Å². The summed E-state index contributed by atoms with van der Waals surface area (Å²) in [5, 5.41) is 0.348. The number of halogens is 1. The van der Waals surface area contributed by atoms with E-state index < -0.39 is 9.84 Å². The third-order valence-electron chi connectivity index (χ3n) is 1.85. The van der Waals surface area contributed by atoms with E-state index in [0.717, 1.165) is 0 Å². The lowest BCUT2D eigenvalue weighted by Crippen LogP contribution is -2.05. The second-order valence-corrected chi connectivity index (χ2v) is 5.27. The molecule has 0 atom stereocenters. The second-order valence-electron chi connectivity index (χ2n) is 2.71. The van der Waals surface area contributed by atoms with Gasteiger partial charge in [-0.2, -0.15) is 0 Å². The third-order valence-corrected chi connectivity index (χ3v) is 4.79. The average Bonchev–Trinajstić information content (AvgIpc) is 2.20. The normalized spacial score (nSPS) is 12.9. The highest BCUT2D eigenvalue weighted by Crippen LogP contribution is 2.19. The van der Waals surface area contributed by atoms with E-state index in [2.05, 4.69) is 15.9 Å². The van der Waals surface area contributed by atoms with Gasteiger partial charge in [-0.15, -0.1) is 0 Å². The van der Waals surface area contributed by atoms with Gasteiger partial charge in [-0.1, -0.05) is 40.2 Å². The Morgan fingerprint density at radius 3 is 2.36 bits per heavy atom. The van der Waals surface area contributed by atoms with Gasteiger partial charge in [0.15, 0.2) is 0 Å². The molecule has 0 amide bonds. The van der Waals surface area contributed by atoms with E-state index in [0.29, 0.717) is 15.1 Å². The first-order chi connectivity index (χ1) is 6.62. The standard InChI is InChI=1S/C10H11BrO2S/c1-2-9(8-11)14(12,13)10-6-4-3-5-7-10/h2-7H,8H2,1H3. The molecule has 0 N–H and O–H groups in total. The van der Waals surface area contributed by atoms with Gasteiger partial charge < -0.3 is 0 Å². The van der Waals surface area contributed by atoms with Gasteiger partial charge in [0.05, 0.1) is 9.80 Å². The van der Waals surface area contributed by atoms with Gasteiger partial charge in [-0.25, -0.2) is 8.42 Å². The Bertz CT molecular complexity index is 421. The molecule has 0 aliphatic carbocycles. The number of hydrogen-bond donors (Lipinski definition) is 0. The molecule has 76 valence electrons. The molecule has 0 saturated heterocycles. The van der Waals surface area contributed by atoms with Gasteiger partial charge in [0.2, 0.25) is 9.84 Å². The summed E-state index contributed by atoms with van der Waals surface area (Å²) in [5.74, 6) is 0. The van der Waals surface area contributed by atoms with Crippen LogP contribution in [0.4, 0.5) is 0 Å². The van der Waals surface area contributed by atoms with Gasteiger partial charge in [0.25, 0.3) is 0 Å². The van der Waals surface area contributed by atoms with E-state index in [1.54, 1.807) is 43.3 Å². The summed E-state index contributed by atoms with van der Waals surface area (Å²) in [6.07, 6.45) is 1.61. The van der Waals surface area contributed by atoms with Crippen LogP contribution < -0.4 is 0 Å². The molecule has 0 spiro atoms. The minimum absolute atomic E-state index is 0.340. The Kier molecular flexibility index (Phi) is 3.89. The molecule has 0 aliphatic heterocycles. The molecule has 0 heterocycles. The topological polar surface area (TPSA) is 34.1 Å². The number of allylic oxidation sites excluding steroid dienone is 2. The minimum atomic E-state index is -3.29. The fraction of sp³-hybridized carbons (Fsp3) is 0.200. The number of hydrogen-bond acceptors (Lipinski definition) is 2. The maximum absolute atomic E-state index is 11.9. The van der Waals surface area contributed by atoms with Gasteiger partial charge >= 0.3 is 0 Å². The van der Waals surface area contributed by atoms with E-state index >= 15 is 0 Å². The fourth-order valence-corrected chi connectivity index (χ4v) is 3.56. The van der Waals surface area contributed by atoms with Gasteiger partial charge in [-0.3, -0.25) is 0 Å². The second kappa shape index (κ2) is 4.75. The van der Waals surface area contributed by atoms with Crippen molar-refractivity contribution in [3.05, 3.63) is 41.3 Å². The summed E-state index contributed by atoms with van der Waals surface area (Å²) in [6, 6.07) is 8.42. The van der Waals surface area contributed by atoms with Gasteiger partial charge in [0.1, 0.15) is 0 Å². The Morgan fingerprint density at radius 2 is 1.93 bits per heavy atom. The van der Waals surface area contributed by atoms with E-state index in [-0.39, 0.29) is 0 Å². The lowest BCUT2D eigenvalue weighted by Gasteiger charge is -2.04. The van der Waals surface area contributed by atoms with Gasteiger partial charge in [0, 0.05) is 5.33 Å². The molecule has 0 saturated carbocycles. The first-order valence-corrected chi connectivity index (χ1v) is 6.74. The molecule has 0 aromatic heterocycles. The monoisotopic (exact) mass is 274 g/mol. The van der Waals surface area contributed by atoms with Crippen molar-refractivity contribution in [1.29, 1.82) is 0 Å². The van der Waals surface area contributed by atoms with Crippen molar-refractivity contribution >= 4 is 25.8 Å². The molecule has 0 fully saturated rings. The molecule has 4 heteroatoms. The highest BCUT2D eigenvalue weighted by atomic mass is 79.9. The summed E-state index contributed by atoms with van der Waals surface area (Å²) in [5.41, 5.74) is 0. The molecule has 0 bridgehead atoms. The van der Waals surface area contributed by atoms with Crippen molar-refractivity contribution in [3.8, 4) is 0 Å². The molecule has 0 aliphatic rings. The van der Waals surface area contributed by atoms with Crippen LogP contribution >= 0.6 is 15.9 Å². The predicted molar refractivity (Wildman–Crippen MR) is 61.2 cm³/mol. The van der Waals surface area contributed by atoms with Crippen LogP contribution in [0.2, 0.25) is 0 Å². The van der Waals surface area contributed by atoms with Crippen molar-refractivity contribution in [1.82, 2.24) is 0 Å². The zero-order chi connectivity index (χ0) is 10.6. The molecular weight excluding hydrogens is 264 g/mol. The summed E-state index contributed by atoms with van der Waals surface area (Å²) in [4.78, 5) is 0.733. The van der Waals surface area contributed by atoms with Crippen molar-refractivity contribution in [3.63, 3.8) is 0 Å². The Labute approximate surface area is 92.7 Å². The van der Waals surface area contributed by atoms with Crippen LogP contribution in [0, 0.1) is 0 Å². The molecule has 14 heavy (non-hydrogen) atoms. The summed E-state index contributed by atoms with van der Waals surface area (Å²) < 4.78 is 23.8. The maximum atomic E-state index is 11.9. The molecule has 2 nitrogen and oxygen atoms in total. The molecule has 0 unspecified atom stereocenters. The Balaban J connectivity index is 3.23. The van der Waals surface area contributed by atoms with Crippen LogP contribution in [0.25, 0.3) is 0 Å². The Morgan fingerprint density at radius 1 is 1.36 bits per heavy atom. The van der Waals surface area contributed by atoms with E-state index in [1.165, 1.54) is 0 Å². The van der Waals surface area contributed by atoms with Crippen molar-refractivity contribution in [2.24, 2.45) is 0 Å². The van der Waals surface area contributed by atoms with E-state index in [1.807, 2.05) is 0 Å². The predicted octanol–water partition coefficient (Wildman–Crippen LogP) is 2.76. The van der Waals surface area contributed by atoms with Crippen molar-refractivity contribution < 1.29 is 8.42 Å².